The molecule has 2 aromatic carbocycles. The van der Waals surface area contributed by atoms with Crippen molar-refractivity contribution in [1.29, 1.82) is 0 Å². The molecule has 30 heavy (non-hydrogen) atoms. The van der Waals surface area contributed by atoms with Gasteiger partial charge in [0.1, 0.15) is 5.75 Å². The van der Waals surface area contributed by atoms with E-state index >= 15 is 0 Å². The molecule has 1 fully saturated rings. The van der Waals surface area contributed by atoms with Crippen molar-refractivity contribution < 1.29 is 17.6 Å². The van der Waals surface area contributed by atoms with Crippen molar-refractivity contribution in [1.82, 2.24) is 14.2 Å². The van der Waals surface area contributed by atoms with Crippen LogP contribution in [-0.2, 0) is 16.6 Å². The molecule has 0 spiro atoms. The van der Waals surface area contributed by atoms with Crippen LogP contribution >= 0.6 is 0 Å². The minimum absolute atomic E-state index is 0.291. The van der Waals surface area contributed by atoms with Gasteiger partial charge in [0.05, 0.1) is 24.2 Å². The molecule has 1 aromatic heterocycles. The summed E-state index contributed by atoms with van der Waals surface area (Å²) in [4.78, 5) is 6.82. The van der Waals surface area contributed by atoms with E-state index in [0.29, 0.717) is 55.9 Å². The average molecular weight is 428 g/mol. The molecule has 4 rings (SSSR count). The van der Waals surface area contributed by atoms with Crippen molar-refractivity contribution in [3.63, 3.8) is 0 Å². The maximum Gasteiger partial charge on any atom is 0.243 e. The fraction of sp³-hybridized carbons (Fsp3) is 0.318. The third-order valence-electron chi connectivity index (χ3n) is 5.07. The molecule has 1 saturated heterocycles. The van der Waals surface area contributed by atoms with Gasteiger partial charge in [-0.25, -0.2) is 13.4 Å². The van der Waals surface area contributed by atoms with Crippen LogP contribution in [0.2, 0.25) is 0 Å². The summed E-state index contributed by atoms with van der Waals surface area (Å²) in [6, 6.07) is 16.4. The Morgan fingerprint density at radius 3 is 2.37 bits per heavy atom. The monoisotopic (exact) mass is 427 g/mol. The number of benzene rings is 2. The molecule has 0 atom stereocenters. The molecule has 3 aromatic rings. The molecule has 1 aliphatic heterocycles. The largest absolute Gasteiger partial charge is 0.494 e. The summed E-state index contributed by atoms with van der Waals surface area (Å²) in [7, 11) is -3.51. The van der Waals surface area contributed by atoms with Crippen molar-refractivity contribution in [2.75, 3.05) is 32.8 Å². The normalized spacial score (nSPS) is 15.9. The zero-order valence-corrected chi connectivity index (χ0v) is 17.7. The van der Waals surface area contributed by atoms with E-state index in [9.17, 15) is 8.42 Å². The number of piperazine rings is 1. The number of rotatable bonds is 7. The fourth-order valence-corrected chi connectivity index (χ4v) is 4.88. The third-order valence-corrected chi connectivity index (χ3v) is 6.99. The molecule has 0 N–H and O–H groups in total. The standard InChI is InChI=1S/C22H25N3O4S/c1-2-28-19-8-10-20(11-9-19)30(26,27)25-14-12-24(13-15-25)17-22-23-16-21(29-22)18-6-4-3-5-7-18/h3-11,16H,2,12-15,17H2,1H3. The predicted octanol–water partition coefficient (Wildman–Crippen LogP) is 3.25. The van der Waals surface area contributed by atoms with Gasteiger partial charge in [0.25, 0.3) is 0 Å². The lowest BCUT2D eigenvalue weighted by Gasteiger charge is -2.33. The summed E-state index contributed by atoms with van der Waals surface area (Å²) >= 11 is 0. The van der Waals surface area contributed by atoms with Gasteiger partial charge in [-0.05, 0) is 31.2 Å². The molecule has 7 nitrogen and oxygen atoms in total. The molecule has 158 valence electrons. The van der Waals surface area contributed by atoms with Crippen LogP contribution in [0.1, 0.15) is 12.8 Å². The summed E-state index contributed by atoms with van der Waals surface area (Å²) in [6.45, 7) is 5.11. The number of aromatic nitrogens is 1. The van der Waals surface area contributed by atoms with Gasteiger partial charge in [0.15, 0.2) is 5.76 Å². The highest BCUT2D eigenvalue weighted by molar-refractivity contribution is 7.89. The Hall–Kier alpha value is -2.68. The van der Waals surface area contributed by atoms with E-state index < -0.39 is 10.0 Å². The summed E-state index contributed by atoms with van der Waals surface area (Å²) in [5.41, 5.74) is 0.988. The lowest BCUT2D eigenvalue weighted by molar-refractivity contribution is 0.168. The Labute approximate surface area is 177 Å². The van der Waals surface area contributed by atoms with Crippen LogP contribution in [0.15, 0.2) is 70.1 Å². The Morgan fingerprint density at radius 2 is 1.70 bits per heavy atom. The van der Waals surface area contributed by atoms with Gasteiger partial charge in [0, 0.05) is 31.7 Å². The van der Waals surface area contributed by atoms with E-state index in [4.69, 9.17) is 9.15 Å². The van der Waals surface area contributed by atoms with Crippen molar-refractivity contribution in [2.24, 2.45) is 0 Å². The molecule has 0 amide bonds. The summed E-state index contributed by atoms with van der Waals surface area (Å²) in [5, 5.41) is 0. The zero-order valence-electron chi connectivity index (χ0n) is 16.9. The van der Waals surface area contributed by atoms with E-state index in [2.05, 4.69) is 9.88 Å². The summed E-state index contributed by atoms with van der Waals surface area (Å²) in [5.74, 6) is 2.04. The molecular weight excluding hydrogens is 402 g/mol. The molecule has 8 heteroatoms. The first-order valence-electron chi connectivity index (χ1n) is 10.0. The first kappa shape index (κ1) is 20.6. The Morgan fingerprint density at radius 1 is 1.00 bits per heavy atom. The first-order valence-corrected chi connectivity index (χ1v) is 11.5. The number of hydrogen-bond donors (Lipinski definition) is 0. The van der Waals surface area contributed by atoms with Gasteiger partial charge in [-0.1, -0.05) is 30.3 Å². The number of oxazole rings is 1. The first-order chi connectivity index (χ1) is 14.6. The second-order valence-electron chi connectivity index (χ2n) is 7.07. The SMILES string of the molecule is CCOc1ccc(S(=O)(=O)N2CCN(Cc3ncc(-c4ccccc4)o3)CC2)cc1. The van der Waals surface area contributed by atoms with E-state index in [1.165, 1.54) is 4.31 Å². The van der Waals surface area contributed by atoms with Gasteiger partial charge < -0.3 is 9.15 Å². The van der Waals surface area contributed by atoms with E-state index in [-0.39, 0.29) is 0 Å². The molecule has 0 unspecified atom stereocenters. The Kier molecular flexibility index (Phi) is 6.17. The maximum absolute atomic E-state index is 12.9. The van der Waals surface area contributed by atoms with Gasteiger partial charge in [-0.3, -0.25) is 4.90 Å². The fourth-order valence-electron chi connectivity index (χ4n) is 3.46. The molecule has 1 aliphatic rings. The van der Waals surface area contributed by atoms with Crippen molar-refractivity contribution in [2.45, 2.75) is 18.4 Å². The minimum Gasteiger partial charge on any atom is -0.494 e. The molecule has 0 aliphatic carbocycles. The van der Waals surface area contributed by atoms with Crippen LogP contribution < -0.4 is 4.74 Å². The Balaban J connectivity index is 1.35. The van der Waals surface area contributed by atoms with Crippen molar-refractivity contribution in [3.8, 4) is 17.1 Å². The highest BCUT2D eigenvalue weighted by Gasteiger charge is 2.29. The highest BCUT2D eigenvalue weighted by atomic mass is 32.2. The number of nitrogens with zero attached hydrogens (tertiary/aromatic N) is 3. The molecule has 0 bridgehead atoms. The molecule has 0 saturated carbocycles. The van der Waals surface area contributed by atoms with Crippen LogP contribution in [0.5, 0.6) is 5.75 Å². The quantitative estimate of drug-likeness (QED) is 0.576. The predicted molar refractivity (Wildman–Crippen MR) is 114 cm³/mol. The van der Waals surface area contributed by atoms with E-state index in [1.807, 2.05) is 37.3 Å². The third kappa shape index (κ3) is 4.56. The lowest BCUT2D eigenvalue weighted by Crippen LogP contribution is -2.48. The van der Waals surface area contributed by atoms with Crippen LogP contribution in [-0.4, -0.2) is 55.4 Å². The van der Waals surface area contributed by atoms with Crippen LogP contribution in [0.3, 0.4) is 0 Å². The number of ether oxygens (including phenoxy) is 1. The van der Waals surface area contributed by atoms with Gasteiger partial charge in [-0.2, -0.15) is 4.31 Å². The van der Waals surface area contributed by atoms with E-state index in [1.54, 1.807) is 30.5 Å². The summed E-state index contributed by atoms with van der Waals surface area (Å²) in [6.07, 6.45) is 1.73. The Bertz CT molecular complexity index is 1060. The smallest absolute Gasteiger partial charge is 0.243 e. The van der Waals surface area contributed by atoms with Crippen LogP contribution in [0, 0.1) is 0 Å². The van der Waals surface area contributed by atoms with Crippen LogP contribution in [0.4, 0.5) is 0 Å². The lowest BCUT2D eigenvalue weighted by atomic mass is 10.2. The number of hydrogen-bond acceptors (Lipinski definition) is 6. The molecule has 2 heterocycles. The van der Waals surface area contributed by atoms with Crippen molar-refractivity contribution in [3.05, 3.63) is 66.7 Å². The van der Waals surface area contributed by atoms with Gasteiger partial charge in [0.2, 0.25) is 15.9 Å². The topological polar surface area (TPSA) is 75.9 Å². The summed E-state index contributed by atoms with van der Waals surface area (Å²) < 4.78 is 38.6. The van der Waals surface area contributed by atoms with Crippen LogP contribution in [0.25, 0.3) is 11.3 Å². The van der Waals surface area contributed by atoms with Gasteiger partial charge >= 0.3 is 0 Å². The molecule has 0 radical (unpaired) electrons. The average Bonchev–Trinajstić information content (AvgIpc) is 3.24. The maximum atomic E-state index is 12.9. The second kappa shape index (κ2) is 8.99. The van der Waals surface area contributed by atoms with Crippen molar-refractivity contribution >= 4 is 10.0 Å². The van der Waals surface area contributed by atoms with Gasteiger partial charge in [-0.15, -0.1) is 0 Å². The number of sulfonamides is 1. The van der Waals surface area contributed by atoms with E-state index in [0.717, 1.165) is 11.3 Å². The highest BCUT2D eigenvalue weighted by Crippen LogP contribution is 2.23. The molecular formula is C22H25N3O4S. The zero-order chi connectivity index (χ0) is 21.0. The minimum atomic E-state index is -3.51. The second-order valence-corrected chi connectivity index (χ2v) is 9.01.